The topological polar surface area (TPSA) is 106 Å². The lowest BCUT2D eigenvalue weighted by atomic mass is 10.2. The van der Waals surface area contributed by atoms with E-state index in [2.05, 4.69) is 5.32 Å². The molecule has 20 heavy (non-hydrogen) atoms. The van der Waals surface area contributed by atoms with Gasteiger partial charge in [0.05, 0.1) is 10.5 Å². The molecule has 0 aromatic heterocycles. The first kappa shape index (κ1) is 16.7. The first-order valence-electron chi connectivity index (χ1n) is 5.55. The molecule has 1 aromatic carbocycles. The Balaban J connectivity index is 2.96. The lowest BCUT2D eigenvalue weighted by Gasteiger charge is -2.11. The zero-order chi connectivity index (χ0) is 15.5. The van der Waals surface area contributed by atoms with Gasteiger partial charge < -0.3 is 5.32 Å². The molecule has 2 unspecified atom stereocenters. The van der Waals surface area contributed by atoms with E-state index in [4.69, 9.17) is 5.14 Å². The number of rotatable bonds is 5. The van der Waals surface area contributed by atoms with Crippen molar-refractivity contribution in [2.24, 2.45) is 5.14 Å². The van der Waals surface area contributed by atoms with Crippen LogP contribution in [0.3, 0.4) is 0 Å². The molecule has 1 aromatic rings. The quantitative estimate of drug-likeness (QED) is 0.794. The number of amides is 1. The number of nitrogens with two attached hydrogens (primary N) is 1. The monoisotopic (exact) mass is 322 g/mol. The van der Waals surface area contributed by atoms with Gasteiger partial charge in [0.25, 0.3) is 5.91 Å². The van der Waals surface area contributed by atoms with Crippen molar-refractivity contribution in [1.29, 1.82) is 0 Å². The van der Waals surface area contributed by atoms with Crippen molar-refractivity contribution < 1.29 is 21.8 Å². The Kier molecular flexibility index (Phi) is 5.37. The fraction of sp³-hybridized carbons (Fsp3) is 0.364. The van der Waals surface area contributed by atoms with Gasteiger partial charge in [-0.15, -0.1) is 0 Å². The average molecular weight is 322 g/mol. The molecule has 0 aliphatic heterocycles. The molecule has 0 saturated carbocycles. The molecule has 0 heterocycles. The van der Waals surface area contributed by atoms with E-state index in [1.54, 1.807) is 6.92 Å². The normalized spacial score (nSPS) is 14.6. The highest BCUT2D eigenvalue weighted by Crippen LogP contribution is 2.14. The van der Waals surface area contributed by atoms with Crippen molar-refractivity contribution in [2.45, 2.75) is 17.1 Å². The minimum Gasteiger partial charge on any atom is -0.351 e. The Morgan fingerprint density at radius 2 is 2.10 bits per heavy atom. The summed E-state index contributed by atoms with van der Waals surface area (Å²) in [6.45, 7) is 1.74. The third kappa shape index (κ3) is 4.36. The standard InChI is InChI=1S/C11H15FN2O4S2/c1-7(19(2)16)6-14-11(15)9-5-8(20(13,17)18)3-4-10(9)12/h3-5,7H,6H2,1-2H3,(H,14,15)(H2,13,17,18). The number of benzene rings is 1. The molecule has 1 amide bonds. The molecule has 0 radical (unpaired) electrons. The fourth-order valence-corrected chi connectivity index (χ4v) is 2.16. The number of nitrogens with one attached hydrogen (secondary N) is 1. The van der Waals surface area contributed by atoms with E-state index in [-0.39, 0.29) is 16.7 Å². The molecule has 3 N–H and O–H groups in total. The highest BCUT2D eigenvalue weighted by atomic mass is 32.2. The number of carbonyl (C=O) groups excluding carboxylic acids is 1. The van der Waals surface area contributed by atoms with Crippen molar-refractivity contribution in [1.82, 2.24) is 5.32 Å². The minimum atomic E-state index is -4.02. The molecule has 0 aliphatic carbocycles. The van der Waals surface area contributed by atoms with Crippen molar-refractivity contribution in [3.63, 3.8) is 0 Å². The molecule has 0 fully saturated rings. The summed E-state index contributed by atoms with van der Waals surface area (Å²) in [4.78, 5) is 11.4. The highest BCUT2D eigenvalue weighted by molar-refractivity contribution is 7.89. The van der Waals surface area contributed by atoms with Crippen LogP contribution in [0.1, 0.15) is 17.3 Å². The summed E-state index contributed by atoms with van der Waals surface area (Å²) in [5.41, 5.74) is -0.425. The van der Waals surface area contributed by atoms with E-state index in [1.807, 2.05) is 0 Å². The summed E-state index contributed by atoms with van der Waals surface area (Å²) in [5.74, 6) is -1.65. The smallest absolute Gasteiger partial charge is 0.254 e. The summed E-state index contributed by atoms with van der Waals surface area (Å²) in [7, 11) is -5.15. The van der Waals surface area contributed by atoms with Gasteiger partial charge in [0.2, 0.25) is 10.0 Å². The van der Waals surface area contributed by atoms with Crippen LogP contribution >= 0.6 is 0 Å². The summed E-state index contributed by atoms with van der Waals surface area (Å²) in [6.07, 6.45) is 1.49. The van der Waals surface area contributed by atoms with Gasteiger partial charge in [-0.05, 0) is 25.1 Å². The second kappa shape index (κ2) is 6.42. The van der Waals surface area contributed by atoms with Crippen molar-refractivity contribution in [3.8, 4) is 0 Å². The Morgan fingerprint density at radius 3 is 2.60 bits per heavy atom. The van der Waals surface area contributed by atoms with Crippen molar-refractivity contribution >= 4 is 26.7 Å². The van der Waals surface area contributed by atoms with Crippen LogP contribution in [0.25, 0.3) is 0 Å². The van der Waals surface area contributed by atoms with Crippen LogP contribution < -0.4 is 10.5 Å². The number of halogens is 1. The fourth-order valence-electron chi connectivity index (χ4n) is 1.30. The third-order valence-electron chi connectivity index (χ3n) is 2.63. The van der Waals surface area contributed by atoms with Gasteiger partial charge in [0, 0.05) is 28.9 Å². The molecule has 0 aliphatic rings. The van der Waals surface area contributed by atoms with E-state index in [0.717, 1.165) is 18.2 Å². The summed E-state index contributed by atoms with van der Waals surface area (Å²) < 4.78 is 47.0. The SMILES string of the molecule is CC(CNC(=O)c1cc(S(N)(=O)=O)ccc1F)S(C)=O. The van der Waals surface area contributed by atoms with E-state index in [1.165, 1.54) is 6.26 Å². The molecule has 9 heteroatoms. The van der Waals surface area contributed by atoms with Gasteiger partial charge in [0.15, 0.2) is 0 Å². The molecule has 0 spiro atoms. The molecule has 2 atom stereocenters. The number of hydrogen-bond donors (Lipinski definition) is 2. The van der Waals surface area contributed by atoms with Crippen molar-refractivity contribution in [2.75, 3.05) is 12.8 Å². The van der Waals surface area contributed by atoms with E-state index >= 15 is 0 Å². The van der Waals surface area contributed by atoms with Gasteiger partial charge >= 0.3 is 0 Å². The predicted molar refractivity (Wildman–Crippen MR) is 73.6 cm³/mol. The molecule has 1 rings (SSSR count). The first-order valence-corrected chi connectivity index (χ1v) is 8.72. The first-order chi connectivity index (χ1) is 9.12. The Bertz CT molecular complexity index is 646. The van der Waals surface area contributed by atoms with Crippen LogP contribution in [0.5, 0.6) is 0 Å². The highest BCUT2D eigenvalue weighted by Gasteiger charge is 2.17. The lowest BCUT2D eigenvalue weighted by Crippen LogP contribution is -2.33. The molecule has 6 nitrogen and oxygen atoms in total. The maximum atomic E-state index is 13.5. The molecular weight excluding hydrogens is 307 g/mol. The van der Waals surface area contributed by atoms with Gasteiger partial charge in [-0.2, -0.15) is 0 Å². The van der Waals surface area contributed by atoms with E-state index < -0.39 is 38.1 Å². The van der Waals surface area contributed by atoms with Gasteiger partial charge in [-0.3, -0.25) is 9.00 Å². The Hall–Kier alpha value is -1.32. The molecule has 0 saturated heterocycles. The van der Waals surface area contributed by atoms with Crippen LogP contribution in [0, 0.1) is 5.82 Å². The summed E-state index contributed by atoms with van der Waals surface area (Å²) >= 11 is 0. The van der Waals surface area contributed by atoms with Gasteiger partial charge in [-0.25, -0.2) is 17.9 Å². The maximum absolute atomic E-state index is 13.5. The van der Waals surface area contributed by atoms with E-state index in [0.29, 0.717) is 0 Å². The Morgan fingerprint density at radius 1 is 1.50 bits per heavy atom. The van der Waals surface area contributed by atoms with Crippen LogP contribution in [-0.2, 0) is 20.8 Å². The average Bonchev–Trinajstić information content (AvgIpc) is 2.34. The molecular formula is C11H15FN2O4S2. The number of hydrogen-bond acceptors (Lipinski definition) is 4. The van der Waals surface area contributed by atoms with Gasteiger partial charge in [-0.1, -0.05) is 0 Å². The summed E-state index contributed by atoms with van der Waals surface area (Å²) in [5, 5.41) is 7.01. The Labute approximate surface area is 119 Å². The van der Waals surface area contributed by atoms with Crippen LogP contribution in [0.15, 0.2) is 23.1 Å². The number of sulfonamides is 1. The number of carbonyl (C=O) groups is 1. The molecule has 0 bridgehead atoms. The lowest BCUT2D eigenvalue weighted by molar-refractivity contribution is 0.0950. The maximum Gasteiger partial charge on any atom is 0.254 e. The zero-order valence-corrected chi connectivity index (χ0v) is 12.6. The zero-order valence-electron chi connectivity index (χ0n) is 10.9. The minimum absolute atomic E-state index is 0.0843. The van der Waals surface area contributed by atoms with Crippen molar-refractivity contribution in [3.05, 3.63) is 29.6 Å². The molecule has 112 valence electrons. The second-order valence-corrected chi connectivity index (χ2v) is 7.57. The van der Waals surface area contributed by atoms with Crippen LogP contribution in [0.2, 0.25) is 0 Å². The number of primary sulfonamides is 1. The van der Waals surface area contributed by atoms with Gasteiger partial charge in [0.1, 0.15) is 5.82 Å². The predicted octanol–water partition coefficient (Wildman–Crippen LogP) is -0.0301. The van der Waals surface area contributed by atoms with Crippen LogP contribution in [-0.4, -0.2) is 36.6 Å². The largest absolute Gasteiger partial charge is 0.351 e. The summed E-state index contributed by atoms with van der Waals surface area (Å²) in [6, 6.07) is 2.70. The third-order valence-corrected chi connectivity index (χ3v) is 4.84. The second-order valence-electron chi connectivity index (χ2n) is 4.21. The van der Waals surface area contributed by atoms with E-state index in [9.17, 15) is 21.8 Å². The van der Waals surface area contributed by atoms with Crippen LogP contribution in [0.4, 0.5) is 4.39 Å².